The van der Waals surface area contributed by atoms with Gasteiger partial charge in [-0.2, -0.15) is 0 Å². The van der Waals surface area contributed by atoms with E-state index in [2.05, 4.69) is 0 Å². The van der Waals surface area contributed by atoms with Crippen LogP contribution in [0.2, 0.25) is 0 Å². The number of hydrogen-bond acceptors (Lipinski definition) is 2. The quantitative estimate of drug-likeness (QED) is 0.848. The molecular formula is C12H16FNO2. The van der Waals surface area contributed by atoms with E-state index in [1.165, 1.54) is 17.0 Å². The van der Waals surface area contributed by atoms with Gasteiger partial charge in [-0.1, -0.05) is 0 Å². The Morgan fingerprint density at radius 3 is 2.62 bits per heavy atom. The highest BCUT2D eigenvalue weighted by atomic mass is 19.1. The van der Waals surface area contributed by atoms with Crippen LogP contribution in [0, 0.1) is 12.7 Å². The number of aryl methyl sites for hydroxylation is 1. The number of carbonyl (C=O) groups is 1. The maximum atomic E-state index is 13.1. The molecule has 0 saturated heterocycles. The molecule has 88 valence electrons. The van der Waals surface area contributed by atoms with E-state index in [1.54, 1.807) is 27.0 Å². The Morgan fingerprint density at radius 1 is 1.50 bits per heavy atom. The van der Waals surface area contributed by atoms with Crippen molar-refractivity contribution in [3.63, 3.8) is 0 Å². The number of nitrogens with zero attached hydrogens (tertiary/aromatic N) is 1. The Hall–Kier alpha value is -1.42. The molecule has 1 aromatic rings. The van der Waals surface area contributed by atoms with Crippen LogP contribution in [0.25, 0.3) is 0 Å². The number of rotatable bonds is 3. The van der Waals surface area contributed by atoms with E-state index in [-0.39, 0.29) is 18.6 Å². The monoisotopic (exact) mass is 225 g/mol. The second kappa shape index (κ2) is 5.07. The van der Waals surface area contributed by atoms with E-state index >= 15 is 0 Å². The molecule has 0 radical (unpaired) electrons. The number of hydrogen-bond donors (Lipinski definition) is 1. The van der Waals surface area contributed by atoms with Crippen molar-refractivity contribution in [3.8, 4) is 0 Å². The van der Waals surface area contributed by atoms with Gasteiger partial charge in [-0.3, -0.25) is 4.79 Å². The molecule has 0 heterocycles. The van der Waals surface area contributed by atoms with Crippen LogP contribution in [0.5, 0.6) is 0 Å². The van der Waals surface area contributed by atoms with Gasteiger partial charge in [0.15, 0.2) is 0 Å². The third-order valence-electron chi connectivity index (χ3n) is 2.53. The molecule has 0 aliphatic heterocycles. The van der Waals surface area contributed by atoms with E-state index in [0.29, 0.717) is 11.1 Å². The summed E-state index contributed by atoms with van der Waals surface area (Å²) in [6, 6.07) is 3.92. The summed E-state index contributed by atoms with van der Waals surface area (Å²) in [6.45, 7) is 3.34. The fourth-order valence-corrected chi connectivity index (χ4v) is 1.39. The maximum Gasteiger partial charge on any atom is 0.254 e. The summed E-state index contributed by atoms with van der Waals surface area (Å²) in [5.41, 5.74) is 1.01. The minimum Gasteiger partial charge on any atom is -0.394 e. The normalized spacial score (nSPS) is 12.3. The Morgan fingerprint density at radius 2 is 2.12 bits per heavy atom. The molecule has 0 spiro atoms. The predicted octanol–water partition coefficient (Wildman–Crippen LogP) is 1.59. The number of benzene rings is 1. The summed E-state index contributed by atoms with van der Waals surface area (Å²) in [4.78, 5) is 13.3. The molecule has 0 aromatic heterocycles. The largest absolute Gasteiger partial charge is 0.394 e. The highest BCUT2D eigenvalue weighted by Gasteiger charge is 2.17. The lowest BCUT2D eigenvalue weighted by Gasteiger charge is -2.23. The average molecular weight is 225 g/mol. The molecule has 1 atom stereocenters. The van der Waals surface area contributed by atoms with Crippen LogP contribution in [0.3, 0.4) is 0 Å². The standard InChI is InChI=1S/C12H16FNO2/c1-8-4-10(6-11(13)5-8)12(16)14(3)9(2)7-15/h4-6,9,15H,7H2,1-3H3. The SMILES string of the molecule is Cc1cc(F)cc(C(=O)N(C)C(C)CO)c1. The number of likely N-dealkylation sites (N-methyl/N-ethyl adjacent to an activating group) is 1. The van der Waals surface area contributed by atoms with Crippen LogP contribution in [0.15, 0.2) is 18.2 Å². The zero-order chi connectivity index (χ0) is 12.3. The van der Waals surface area contributed by atoms with E-state index in [0.717, 1.165) is 0 Å². The zero-order valence-corrected chi connectivity index (χ0v) is 9.70. The molecule has 1 N–H and O–H groups in total. The van der Waals surface area contributed by atoms with Gasteiger partial charge in [0, 0.05) is 12.6 Å². The lowest BCUT2D eigenvalue weighted by molar-refractivity contribution is 0.0681. The molecule has 0 aliphatic carbocycles. The van der Waals surface area contributed by atoms with Gasteiger partial charge in [-0.25, -0.2) is 4.39 Å². The first-order valence-electron chi connectivity index (χ1n) is 5.11. The third kappa shape index (κ3) is 2.79. The predicted molar refractivity (Wildman–Crippen MR) is 59.8 cm³/mol. The number of amides is 1. The minimum absolute atomic E-state index is 0.115. The van der Waals surface area contributed by atoms with Gasteiger partial charge in [0.2, 0.25) is 0 Å². The average Bonchev–Trinajstić information content (AvgIpc) is 2.24. The van der Waals surface area contributed by atoms with Crippen molar-refractivity contribution in [2.24, 2.45) is 0 Å². The molecule has 0 aliphatic rings. The molecule has 1 aromatic carbocycles. The summed E-state index contributed by atoms with van der Waals surface area (Å²) < 4.78 is 13.1. The molecular weight excluding hydrogens is 209 g/mol. The Kier molecular flexibility index (Phi) is 4.01. The van der Waals surface area contributed by atoms with Crippen molar-refractivity contribution in [3.05, 3.63) is 35.1 Å². The van der Waals surface area contributed by atoms with Gasteiger partial charge < -0.3 is 10.0 Å². The highest BCUT2D eigenvalue weighted by molar-refractivity contribution is 5.94. The first-order valence-corrected chi connectivity index (χ1v) is 5.11. The summed E-state index contributed by atoms with van der Waals surface area (Å²) in [5, 5.41) is 8.94. The summed E-state index contributed by atoms with van der Waals surface area (Å²) in [7, 11) is 1.59. The second-order valence-electron chi connectivity index (χ2n) is 3.96. The lowest BCUT2D eigenvalue weighted by atomic mass is 10.1. The van der Waals surface area contributed by atoms with Crippen LogP contribution in [0.1, 0.15) is 22.8 Å². The molecule has 0 fully saturated rings. The molecule has 4 heteroatoms. The Balaban J connectivity index is 2.96. The topological polar surface area (TPSA) is 40.5 Å². The van der Waals surface area contributed by atoms with Crippen molar-refractivity contribution in [1.29, 1.82) is 0 Å². The van der Waals surface area contributed by atoms with Crippen LogP contribution >= 0.6 is 0 Å². The first kappa shape index (κ1) is 12.6. The van der Waals surface area contributed by atoms with E-state index in [9.17, 15) is 9.18 Å². The smallest absolute Gasteiger partial charge is 0.254 e. The molecule has 0 saturated carbocycles. The van der Waals surface area contributed by atoms with Crippen LogP contribution in [-0.4, -0.2) is 35.6 Å². The van der Waals surface area contributed by atoms with Crippen molar-refractivity contribution in [1.82, 2.24) is 4.90 Å². The summed E-state index contributed by atoms with van der Waals surface area (Å²) in [6.07, 6.45) is 0. The summed E-state index contributed by atoms with van der Waals surface area (Å²) in [5.74, 6) is -0.711. The van der Waals surface area contributed by atoms with Gasteiger partial charge in [-0.05, 0) is 37.6 Å². The Bertz CT molecular complexity index is 372. The molecule has 0 bridgehead atoms. The molecule has 3 nitrogen and oxygen atoms in total. The summed E-state index contributed by atoms with van der Waals surface area (Å²) >= 11 is 0. The van der Waals surface area contributed by atoms with E-state index < -0.39 is 5.82 Å². The number of carbonyl (C=O) groups excluding carboxylic acids is 1. The second-order valence-corrected chi connectivity index (χ2v) is 3.96. The molecule has 1 amide bonds. The van der Waals surface area contributed by atoms with Crippen LogP contribution in [-0.2, 0) is 0 Å². The van der Waals surface area contributed by atoms with Gasteiger partial charge in [0.1, 0.15) is 5.82 Å². The third-order valence-corrected chi connectivity index (χ3v) is 2.53. The van der Waals surface area contributed by atoms with Crippen molar-refractivity contribution in [2.75, 3.05) is 13.7 Å². The molecule has 1 rings (SSSR count). The van der Waals surface area contributed by atoms with E-state index in [4.69, 9.17) is 5.11 Å². The van der Waals surface area contributed by atoms with Crippen molar-refractivity contribution >= 4 is 5.91 Å². The fourth-order valence-electron chi connectivity index (χ4n) is 1.39. The van der Waals surface area contributed by atoms with Gasteiger partial charge in [0.05, 0.1) is 12.6 Å². The first-order chi connectivity index (χ1) is 7.45. The highest BCUT2D eigenvalue weighted by Crippen LogP contribution is 2.11. The molecule has 16 heavy (non-hydrogen) atoms. The van der Waals surface area contributed by atoms with Crippen LogP contribution < -0.4 is 0 Å². The number of aliphatic hydroxyl groups is 1. The van der Waals surface area contributed by atoms with Crippen molar-refractivity contribution < 1.29 is 14.3 Å². The van der Waals surface area contributed by atoms with E-state index in [1.807, 2.05) is 0 Å². The Labute approximate surface area is 94.5 Å². The van der Waals surface area contributed by atoms with Gasteiger partial charge in [-0.15, -0.1) is 0 Å². The van der Waals surface area contributed by atoms with Crippen molar-refractivity contribution in [2.45, 2.75) is 19.9 Å². The minimum atomic E-state index is -0.423. The lowest BCUT2D eigenvalue weighted by Crippen LogP contribution is -2.37. The molecule has 1 unspecified atom stereocenters. The zero-order valence-electron chi connectivity index (χ0n) is 9.70. The fraction of sp³-hybridized carbons (Fsp3) is 0.417. The number of halogens is 1. The number of aliphatic hydroxyl groups excluding tert-OH is 1. The van der Waals surface area contributed by atoms with Gasteiger partial charge >= 0.3 is 0 Å². The van der Waals surface area contributed by atoms with Crippen LogP contribution in [0.4, 0.5) is 4.39 Å². The maximum absolute atomic E-state index is 13.1. The van der Waals surface area contributed by atoms with Gasteiger partial charge in [0.25, 0.3) is 5.91 Å².